The number of amides is 1. The molecule has 7 nitrogen and oxygen atoms in total. The highest BCUT2D eigenvalue weighted by atomic mass is 16.1. The Hall–Kier alpha value is -2.54. The van der Waals surface area contributed by atoms with Crippen molar-refractivity contribution in [2.45, 2.75) is 13.5 Å². The predicted molar refractivity (Wildman–Crippen MR) is 91.8 cm³/mol. The van der Waals surface area contributed by atoms with E-state index in [0.29, 0.717) is 18.1 Å². The fourth-order valence-electron chi connectivity index (χ4n) is 2.65. The number of piperazine rings is 1. The zero-order valence-electron chi connectivity index (χ0n) is 13.9. The summed E-state index contributed by atoms with van der Waals surface area (Å²) >= 11 is 0. The van der Waals surface area contributed by atoms with Crippen LogP contribution in [0.25, 0.3) is 0 Å². The average Bonchev–Trinajstić information content (AvgIpc) is 2.67. The van der Waals surface area contributed by atoms with Crippen LogP contribution in [0.2, 0.25) is 0 Å². The van der Waals surface area contributed by atoms with E-state index < -0.39 is 0 Å². The standard InChI is InChI=1S/C17H22N6O/c1-2-22-6-8-23(9-7-22)17-20-12-15(13-21-17)16(24)19-11-14-4-3-5-18-10-14/h3-5,10,12-13H,2,6-9,11H2,1H3,(H,19,24). The summed E-state index contributed by atoms with van der Waals surface area (Å²) in [5.74, 6) is 0.510. The molecule has 1 aliphatic heterocycles. The molecule has 7 heteroatoms. The van der Waals surface area contributed by atoms with Gasteiger partial charge in [0.15, 0.2) is 0 Å². The molecule has 3 heterocycles. The summed E-state index contributed by atoms with van der Waals surface area (Å²) < 4.78 is 0. The maximum atomic E-state index is 12.2. The second-order valence-corrected chi connectivity index (χ2v) is 5.74. The van der Waals surface area contributed by atoms with Crippen LogP contribution < -0.4 is 10.2 Å². The third-order valence-electron chi connectivity index (χ3n) is 4.18. The van der Waals surface area contributed by atoms with Crippen LogP contribution in [0.15, 0.2) is 36.9 Å². The molecule has 0 bridgehead atoms. The number of rotatable bonds is 5. The molecule has 3 rings (SSSR count). The molecule has 1 saturated heterocycles. The summed E-state index contributed by atoms with van der Waals surface area (Å²) in [4.78, 5) is 29.4. The van der Waals surface area contributed by atoms with Crippen molar-refractivity contribution >= 4 is 11.9 Å². The van der Waals surface area contributed by atoms with Gasteiger partial charge in [-0.1, -0.05) is 13.0 Å². The fourth-order valence-corrected chi connectivity index (χ4v) is 2.65. The second-order valence-electron chi connectivity index (χ2n) is 5.74. The lowest BCUT2D eigenvalue weighted by atomic mass is 10.2. The Morgan fingerprint density at radius 3 is 2.54 bits per heavy atom. The van der Waals surface area contributed by atoms with Crippen molar-refractivity contribution in [3.63, 3.8) is 0 Å². The van der Waals surface area contributed by atoms with Crippen LogP contribution in [-0.4, -0.2) is 58.5 Å². The highest BCUT2D eigenvalue weighted by Crippen LogP contribution is 2.11. The normalized spacial score (nSPS) is 15.3. The monoisotopic (exact) mass is 326 g/mol. The summed E-state index contributed by atoms with van der Waals surface area (Å²) in [6.45, 7) is 7.56. The first kappa shape index (κ1) is 16.3. The van der Waals surface area contributed by atoms with Crippen molar-refractivity contribution in [3.8, 4) is 0 Å². The van der Waals surface area contributed by atoms with Crippen LogP contribution in [0.1, 0.15) is 22.8 Å². The van der Waals surface area contributed by atoms with Crippen LogP contribution >= 0.6 is 0 Å². The van der Waals surface area contributed by atoms with E-state index in [1.807, 2.05) is 12.1 Å². The van der Waals surface area contributed by atoms with Crippen molar-refractivity contribution in [1.82, 2.24) is 25.2 Å². The number of hydrogen-bond acceptors (Lipinski definition) is 6. The smallest absolute Gasteiger partial charge is 0.254 e. The maximum absolute atomic E-state index is 12.2. The maximum Gasteiger partial charge on any atom is 0.254 e. The van der Waals surface area contributed by atoms with E-state index in [-0.39, 0.29) is 5.91 Å². The van der Waals surface area contributed by atoms with Gasteiger partial charge < -0.3 is 15.1 Å². The molecule has 2 aromatic heterocycles. The highest BCUT2D eigenvalue weighted by molar-refractivity contribution is 5.93. The minimum atomic E-state index is -0.179. The first-order valence-electron chi connectivity index (χ1n) is 8.22. The zero-order valence-corrected chi connectivity index (χ0v) is 13.9. The Labute approximate surface area is 141 Å². The number of hydrogen-bond donors (Lipinski definition) is 1. The third kappa shape index (κ3) is 4.05. The predicted octanol–water partition coefficient (Wildman–Crippen LogP) is 0.943. The van der Waals surface area contributed by atoms with E-state index in [9.17, 15) is 4.79 Å². The highest BCUT2D eigenvalue weighted by Gasteiger charge is 2.18. The second kappa shape index (κ2) is 7.83. The van der Waals surface area contributed by atoms with Crippen LogP contribution in [0.5, 0.6) is 0 Å². The number of nitrogens with zero attached hydrogens (tertiary/aromatic N) is 5. The number of aromatic nitrogens is 3. The van der Waals surface area contributed by atoms with Crippen molar-refractivity contribution in [2.24, 2.45) is 0 Å². The van der Waals surface area contributed by atoms with Crippen molar-refractivity contribution < 1.29 is 4.79 Å². The van der Waals surface area contributed by atoms with Gasteiger partial charge >= 0.3 is 0 Å². The number of carbonyl (C=O) groups is 1. The molecule has 126 valence electrons. The Balaban J connectivity index is 1.55. The summed E-state index contributed by atoms with van der Waals surface area (Å²) in [5.41, 5.74) is 1.42. The number of pyridine rings is 1. The Bertz CT molecular complexity index is 653. The number of likely N-dealkylation sites (N-methyl/N-ethyl adjacent to an activating group) is 1. The van der Waals surface area contributed by atoms with Gasteiger partial charge in [0, 0.05) is 57.5 Å². The SMILES string of the molecule is CCN1CCN(c2ncc(C(=O)NCc3cccnc3)cn2)CC1. The van der Waals surface area contributed by atoms with Gasteiger partial charge in [0.05, 0.1) is 5.56 Å². The van der Waals surface area contributed by atoms with E-state index in [1.165, 1.54) is 0 Å². The van der Waals surface area contributed by atoms with E-state index in [4.69, 9.17) is 0 Å². The topological polar surface area (TPSA) is 74.2 Å². The Kier molecular flexibility index (Phi) is 5.32. The fraction of sp³-hybridized carbons (Fsp3) is 0.412. The molecule has 1 fully saturated rings. The van der Waals surface area contributed by atoms with Gasteiger partial charge in [-0.05, 0) is 18.2 Å². The van der Waals surface area contributed by atoms with Crippen molar-refractivity contribution in [2.75, 3.05) is 37.6 Å². The van der Waals surface area contributed by atoms with Crippen LogP contribution in [-0.2, 0) is 6.54 Å². The molecule has 0 radical (unpaired) electrons. The lowest BCUT2D eigenvalue weighted by molar-refractivity contribution is 0.0950. The lowest BCUT2D eigenvalue weighted by Crippen LogP contribution is -2.46. The first-order chi connectivity index (χ1) is 11.8. The largest absolute Gasteiger partial charge is 0.348 e. The van der Waals surface area contributed by atoms with Gasteiger partial charge in [0.1, 0.15) is 0 Å². The third-order valence-corrected chi connectivity index (χ3v) is 4.18. The summed E-state index contributed by atoms with van der Waals surface area (Å²) in [5, 5.41) is 2.85. The molecule has 0 aliphatic carbocycles. The van der Waals surface area contributed by atoms with E-state index in [1.54, 1.807) is 24.8 Å². The molecule has 1 N–H and O–H groups in total. The van der Waals surface area contributed by atoms with Gasteiger partial charge in [0.2, 0.25) is 5.95 Å². The van der Waals surface area contributed by atoms with E-state index in [0.717, 1.165) is 38.3 Å². The van der Waals surface area contributed by atoms with Gasteiger partial charge in [-0.3, -0.25) is 9.78 Å². The van der Waals surface area contributed by atoms with E-state index in [2.05, 4.69) is 37.0 Å². The molecule has 0 spiro atoms. The number of nitrogens with one attached hydrogen (secondary N) is 1. The summed E-state index contributed by atoms with van der Waals surface area (Å²) in [6.07, 6.45) is 6.62. The molecule has 0 saturated carbocycles. The first-order valence-corrected chi connectivity index (χ1v) is 8.22. The molecular formula is C17H22N6O. The number of carbonyl (C=O) groups excluding carboxylic acids is 1. The minimum absolute atomic E-state index is 0.179. The van der Waals surface area contributed by atoms with Crippen LogP contribution in [0.3, 0.4) is 0 Å². The minimum Gasteiger partial charge on any atom is -0.348 e. The molecule has 0 atom stereocenters. The summed E-state index contributed by atoms with van der Waals surface area (Å²) in [6, 6.07) is 3.76. The molecule has 1 amide bonds. The van der Waals surface area contributed by atoms with Gasteiger partial charge in [-0.25, -0.2) is 9.97 Å². The molecular weight excluding hydrogens is 304 g/mol. The van der Waals surface area contributed by atoms with Gasteiger partial charge in [-0.15, -0.1) is 0 Å². The van der Waals surface area contributed by atoms with Crippen LogP contribution in [0, 0.1) is 0 Å². The zero-order chi connectivity index (χ0) is 16.8. The van der Waals surface area contributed by atoms with Gasteiger partial charge in [0.25, 0.3) is 5.91 Å². The molecule has 0 unspecified atom stereocenters. The average molecular weight is 326 g/mol. The molecule has 24 heavy (non-hydrogen) atoms. The Morgan fingerprint density at radius 2 is 1.92 bits per heavy atom. The summed E-state index contributed by atoms with van der Waals surface area (Å²) in [7, 11) is 0. The van der Waals surface area contributed by atoms with Crippen LogP contribution in [0.4, 0.5) is 5.95 Å². The molecule has 1 aliphatic rings. The van der Waals surface area contributed by atoms with Crippen molar-refractivity contribution in [1.29, 1.82) is 0 Å². The molecule has 0 aromatic carbocycles. The van der Waals surface area contributed by atoms with E-state index >= 15 is 0 Å². The number of anilines is 1. The van der Waals surface area contributed by atoms with Crippen molar-refractivity contribution in [3.05, 3.63) is 48.0 Å². The molecule has 2 aromatic rings. The lowest BCUT2D eigenvalue weighted by Gasteiger charge is -2.33. The Morgan fingerprint density at radius 1 is 1.17 bits per heavy atom. The quantitative estimate of drug-likeness (QED) is 0.881. The van der Waals surface area contributed by atoms with Gasteiger partial charge in [-0.2, -0.15) is 0 Å².